The second-order valence-corrected chi connectivity index (χ2v) is 3.17. The fourth-order valence-corrected chi connectivity index (χ4v) is 1.50. The van der Waals surface area contributed by atoms with Gasteiger partial charge < -0.3 is 9.47 Å². The lowest BCUT2D eigenvalue weighted by atomic mass is 10.5. The molecule has 1 atom stereocenters. The Balaban J connectivity index is 3.37. The minimum atomic E-state index is -0.0680. The summed E-state index contributed by atoms with van der Waals surface area (Å²) in [5.41, 5.74) is 0. The minimum absolute atomic E-state index is 0.0680. The lowest BCUT2D eigenvalue weighted by molar-refractivity contribution is -0.103. The van der Waals surface area contributed by atoms with Gasteiger partial charge in [-0.2, -0.15) is 0 Å². The predicted octanol–water partition coefficient (Wildman–Crippen LogP) is 2.65. The van der Waals surface area contributed by atoms with Crippen LogP contribution in [0.15, 0.2) is 11.5 Å². The molecule has 0 aliphatic carbocycles. The Morgan fingerprint density at radius 3 is 2.67 bits per heavy atom. The van der Waals surface area contributed by atoms with Crippen molar-refractivity contribution in [3.8, 4) is 0 Å². The van der Waals surface area contributed by atoms with Gasteiger partial charge in [-0.3, -0.25) is 0 Å². The first kappa shape index (κ1) is 12.0. The van der Waals surface area contributed by atoms with Gasteiger partial charge in [-0.15, -0.1) is 11.8 Å². The molecule has 12 heavy (non-hydrogen) atoms. The molecule has 0 aromatic carbocycles. The summed E-state index contributed by atoms with van der Waals surface area (Å²) in [7, 11) is 1.67. The molecular formula is C9H18O2S. The Bertz CT molecular complexity index is 115. The van der Waals surface area contributed by atoms with Crippen molar-refractivity contribution in [3.05, 3.63) is 11.5 Å². The van der Waals surface area contributed by atoms with Gasteiger partial charge in [0, 0.05) is 19.5 Å². The second kappa shape index (κ2) is 9.10. The number of hydrogen-bond acceptors (Lipinski definition) is 3. The third-order valence-electron chi connectivity index (χ3n) is 1.28. The lowest BCUT2D eigenvalue weighted by Crippen LogP contribution is -2.17. The zero-order chi connectivity index (χ0) is 9.23. The molecule has 0 aromatic heterocycles. The van der Waals surface area contributed by atoms with Crippen LogP contribution in [0.2, 0.25) is 0 Å². The Kier molecular flexibility index (Phi) is 9.11. The van der Waals surface area contributed by atoms with Crippen molar-refractivity contribution < 1.29 is 9.47 Å². The van der Waals surface area contributed by atoms with E-state index in [2.05, 4.69) is 18.4 Å². The molecule has 2 nitrogen and oxygen atoms in total. The average Bonchev–Trinajstić information content (AvgIpc) is 2.10. The van der Waals surface area contributed by atoms with E-state index in [4.69, 9.17) is 9.47 Å². The Hall–Kier alpha value is 0.01000. The fourth-order valence-electron chi connectivity index (χ4n) is 0.668. The number of rotatable bonds is 7. The molecular weight excluding hydrogens is 172 g/mol. The molecule has 0 fully saturated rings. The molecule has 0 aromatic rings. The molecule has 0 bridgehead atoms. The molecule has 0 N–H and O–H groups in total. The number of methoxy groups -OCH3 is 1. The summed E-state index contributed by atoms with van der Waals surface area (Å²) < 4.78 is 10.4. The summed E-state index contributed by atoms with van der Waals surface area (Å²) in [6.45, 7) is 4.79. The Morgan fingerprint density at radius 2 is 2.17 bits per heavy atom. The monoisotopic (exact) mass is 190 g/mol. The van der Waals surface area contributed by atoms with Crippen LogP contribution in [0.4, 0.5) is 0 Å². The molecule has 1 unspecified atom stereocenters. The maximum atomic E-state index is 5.29. The lowest BCUT2D eigenvalue weighted by Gasteiger charge is -2.12. The van der Waals surface area contributed by atoms with E-state index in [0.717, 1.165) is 12.2 Å². The topological polar surface area (TPSA) is 18.5 Å². The fraction of sp³-hybridized carbons (Fsp3) is 0.778. The van der Waals surface area contributed by atoms with Crippen LogP contribution in [0, 0.1) is 0 Å². The molecule has 3 heteroatoms. The normalized spacial score (nSPS) is 13.9. The number of hydrogen-bond donors (Lipinski definition) is 0. The van der Waals surface area contributed by atoms with Gasteiger partial charge in [-0.25, -0.2) is 0 Å². The largest absolute Gasteiger partial charge is 0.355 e. The van der Waals surface area contributed by atoms with Crippen molar-refractivity contribution in [2.45, 2.75) is 26.6 Å². The van der Waals surface area contributed by atoms with Gasteiger partial charge >= 0.3 is 0 Å². The molecule has 0 spiro atoms. The van der Waals surface area contributed by atoms with Crippen molar-refractivity contribution in [1.82, 2.24) is 0 Å². The highest BCUT2D eigenvalue weighted by molar-refractivity contribution is 8.02. The number of ether oxygens (including phenoxy) is 2. The molecule has 0 aliphatic rings. The average molecular weight is 190 g/mol. The van der Waals surface area contributed by atoms with Crippen LogP contribution in [-0.4, -0.2) is 25.8 Å². The van der Waals surface area contributed by atoms with Gasteiger partial charge in [0.1, 0.15) is 0 Å². The molecule has 0 amide bonds. The first-order chi connectivity index (χ1) is 5.85. The van der Waals surface area contributed by atoms with Gasteiger partial charge in [-0.05, 0) is 18.8 Å². The van der Waals surface area contributed by atoms with Crippen LogP contribution < -0.4 is 0 Å². The summed E-state index contributed by atoms with van der Waals surface area (Å²) in [5.74, 6) is 0.862. The highest BCUT2D eigenvalue weighted by Crippen LogP contribution is 2.08. The van der Waals surface area contributed by atoms with Crippen molar-refractivity contribution >= 4 is 11.8 Å². The smallest absolute Gasteiger partial charge is 0.166 e. The Morgan fingerprint density at radius 1 is 1.42 bits per heavy atom. The molecule has 0 radical (unpaired) electrons. The van der Waals surface area contributed by atoms with Gasteiger partial charge in [0.15, 0.2) is 6.29 Å². The number of thioether (sulfide) groups is 1. The minimum Gasteiger partial charge on any atom is -0.355 e. The van der Waals surface area contributed by atoms with E-state index < -0.39 is 0 Å². The van der Waals surface area contributed by atoms with Gasteiger partial charge in [0.2, 0.25) is 0 Å². The standard InChI is InChI=1S/C9H18O2S/c1-4-6-7-12-8-9(10-3)11-5-2/h6-7,9H,4-5,8H2,1-3H3/b7-6-. The van der Waals surface area contributed by atoms with Gasteiger partial charge in [0.25, 0.3) is 0 Å². The summed E-state index contributed by atoms with van der Waals surface area (Å²) >= 11 is 1.72. The highest BCUT2D eigenvalue weighted by Gasteiger charge is 2.03. The van der Waals surface area contributed by atoms with Crippen LogP contribution in [-0.2, 0) is 9.47 Å². The van der Waals surface area contributed by atoms with E-state index in [1.165, 1.54) is 0 Å². The van der Waals surface area contributed by atoms with Crippen LogP contribution >= 0.6 is 11.8 Å². The highest BCUT2D eigenvalue weighted by atomic mass is 32.2. The van der Waals surface area contributed by atoms with Crippen molar-refractivity contribution in [1.29, 1.82) is 0 Å². The molecule has 0 saturated carbocycles. The van der Waals surface area contributed by atoms with Crippen molar-refractivity contribution in [2.24, 2.45) is 0 Å². The van der Waals surface area contributed by atoms with E-state index in [1.807, 2.05) is 6.92 Å². The van der Waals surface area contributed by atoms with E-state index in [9.17, 15) is 0 Å². The van der Waals surface area contributed by atoms with Crippen LogP contribution in [0.5, 0.6) is 0 Å². The summed E-state index contributed by atoms with van der Waals surface area (Å²) in [6.07, 6.45) is 3.14. The third-order valence-corrected chi connectivity index (χ3v) is 2.13. The molecule has 0 aliphatic heterocycles. The summed E-state index contributed by atoms with van der Waals surface area (Å²) in [6, 6.07) is 0. The maximum Gasteiger partial charge on any atom is 0.166 e. The van der Waals surface area contributed by atoms with Crippen molar-refractivity contribution in [2.75, 3.05) is 19.5 Å². The predicted molar refractivity (Wildman–Crippen MR) is 54.3 cm³/mol. The van der Waals surface area contributed by atoms with Crippen LogP contribution in [0.25, 0.3) is 0 Å². The quantitative estimate of drug-likeness (QED) is 0.575. The van der Waals surface area contributed by atoms with E-state index in [-0.39, 0.29) is 6.29 Å². The van der Waals surface area contributed by atoms with Gasteiger partial charge in [0.05, 0.1) is 0 Å². The van der Waals surface area contributed by atoms with Gasteiger partial charge in [-0.1, -0.05) is 13.0 Å². The summed E-state index contributed by atoms with van der Waals surface area (Å²) in [5, 5.41) is 2.09. The van der Waals surface area contributed by atoms with Crippen LogP contribution in [0.3, 0.4) is 0 Å². The summed E-state index contributed by atoms with van der Waals surface area (Å²) in [4.78, 5) is 0. The molecule has 0 saturated heterocycles. The second-order valence-electron chi connectivity index (χ2n) is 2.23. The zero-order valence-corrected chi connectivity index (χ0v) is 8.89. The molecule has 0 heterocycles. The zero-order valence-electron chi connectivity index (χ0n) is 8.08. The Labute approximate surface area is 79.3 Å². The van der Waals surface area contributed by atoms with Crippen molar-refractivity contribution in [3.63, 3.8) is 0 Å². The first-order valence-corrected chi connectivity index (χ1v) is 5.31. The SMILES string of the molecule is CC/C=C\SCC(OC)OCC. The molecule has 0 rings (SSSR count). The van der Waals surface area contributed by atoms with E-state index >= 15 is 0 Å². The first-order valence-electron chi connectivity index (χ1n) is 4.26. The molecule has 72 valence electrons. The third kappa shape index (κ3) is 6.70. The van der Waals surface area contributed by atoms with E-state index in [1.54, 1.807) is 18.9 Å². The maximum absolute atomic E-state index is 5.29. The van der Waals surface area contributed by atoms with E-state index in [0.29, 0.717) is 6.61 Å². The van der Waals surface area contributed by atoms with Crippen LogP contribution in [0.1, 0.15) is 20.3 Å². The number of allylic oxidation sites excluding steroid dienone is 1.